The lowest BCUT2D eigenvalue weighted by molar-refractivity contribution is -0.385. The fraction of sp³-hybridized carbons (Fsp3) is 0.421. The van der Waals surface area contributed by atoms with E-state index in [1.165, 1.54) is 22.5 Å². The highest BCUT2D eigenvalue weighted by atomic mass is 79.9. The third-order valence-corrected chi connectivity index (χ3v) is 7.67. The number of anilines is 2. The minimum Gasteiger partial charge on any atom is -0.369 e. The van der Waals surface area contributed by atoms with Crippen LogP contribution in [0.3, 0.4) is 0 Å². The van der Waals surface area contributed by atoms with Crippen molar-refractivity contribution in [3.05, 3.63) is 52.7 Å². The molecule has 0 spiro atoms. The number of rotatable bonds is 9. The number of benzene rings is 1. The first-order chi connectivity index (χ1) is 14.9. The smallest absolute Gasteiger partial charge is 0.270 e. The summed E-state index contributed by atoms with van der Waals surface area (Å²) in [4.78, 5) is 19.0. The van der Waals surface area contributed by atoms with E-state index in [9.17, 15) is 18.5 Å². The van der Waals surface area contributed by atoms with E-state index in [-0.39, 0.29) is 23.7 Å². The maximum Gasteiger partial charge on any atom is 0.270 e. The average molecular weight is 577 g/mol. The van der Waals surface area contributed by atoms with Gasteiger partial charge in [-0.1, -0.05) is 37.9 Å². The topological polar surface area (TPSA) is 99.9 Å². The third-order valence-electron chi connectivity index (χ3n) is 5.03. The first kappa shape index (κ1) is 23.9. The van der Waals surface area contributed by atoms with Crippen LogP contribution in [-0.4, -0.2) is 72.6 Å². The number of nitrogens with zero attached hydrogens (tertiary/aromatic N) is 5. The van der Waals surface area contributed by atoms with Crippen LogP contribution in [0.2, 0.25) is 0 Å². The summed E-state index contributed by atoms with van der Waals surface area (Å²) in [7, 11) is -3.93. The molecule has 0 radical (unpaired) electrons. The molecular weight excluding hydrogens is 554 g/mol. The van der Waals surface area contributed by atoms with Gasteiger partial charge < -0.3 is 9.80 Å². The van der Waals surface area contributed by atoms with Crippen molar-refractivity contribution in [2.45, 2.75) is 4.90 Å². The zero-order valence-corrected chi connectivity index (χ0v) is 20.7. The van der Waals surface area contributed by atoms with Gasteiger partial charge in [-0.2, -0.15) is 4.31 Å². The van der Waals surface area contributed by atoms with Crippen molar-refractivity contribution >= 4 is 59.1 Å². The summed E-state index contributed by atoms with van der Waals surface area (Å²) in [6.45, 7) is 2.68. The Morgan fingerprint density at radius 3 is 2.29 bits per heavy atom. The van der Waals surface area contributed by atoms with Gasteiger partial charge in [-0.3, -0.25) is 10.1 Å². The molecule has 2 aromatic rings. The van der Waals surface area contributed by atoms with Crippen LogP contribution in [0, 0.1) is 10.1 Å². The van der Waals surface area contributed by atoms with Crippen LogP contribution < -0.4 is 9.80 Å². The lowest BCUT2D eigenvalue weighted by atomic mass is 10.2. The number of non-ortho nitro benzene ring substituents is 1. The molecule has 1 saturated heterocycles. The van der Waals surface area contributed by atoms with Gasteiger partial charge in [-0.05, 0) is 18.2 Å². The molecular formula is C19H23Br2N5O4S. The molecule has 31 heavy (non-hydrogen) atoms. The molecule has 1 fully saturated rings. The molecule has 0 N–H and O–H groups in total. The van der Waals surface area contributed by atoms with Crippen molar-refractivity contribution in [2.24, 2.45) is 0 Å². The van der Waals surface area contributed by atoms with Gasteiger partial charge >= 0.3 is 0 Å². The molecule has 1 aliphatic heterocycles. The number of piperazine rings is 1. The van der Waals surface area contributed by atoms with Gasteiger partial charge in [0.05, 0.1) is 10.6 Å². The van der Waals surface area contributed by atoms with Crippen LogP contribution in [0.5, 0.6) is 0 Å². The normalized spacial score (nSPS) is 15.1. The summed E-state index contributed by atoms with van der Waals surface area (Å²) in [5.41, 5.74) is 0.226. The second kappa shape index (κ2) is 10.7. The van der Waals surface area contributed by atoms with Crippen molar-refractivity contribution in [3.63, 3.8) is 0 Å². The molecule has 0 amide bonds. The average Bonchev–Trinajstić information content (AvgIpc) is 2.79. The SMILES string of the molecule is O=[N+]([O-])c1ccc(N(CCBr)CCBr)c(S(=O)(=O)N2CCN(c3ccccn3)CC2)c1. The van der Waals surface area contributed by atoms with E-state index >= 15 is 0 Å². The van der Waals surface area contributed by atoms with Crippen LogP contribution in [0.15, 0.2) is 47.5 Å². The Morgan fingerprint density at radius 1 is 1.06 bits per heavy atom. The predicted octanol–water partition coefficient (Wildman–Crippen LogP) is 3.10. The van der Waals surface area contributed by atoms with Crippen molar-refractivity contribution in [1.82, 2.24) is 9.29 Å². The number of nitro benzene ring substituents is 1. The highest BCUT2D eigenvalue weighted by molar-refractivity contribution is 9.09. The molecule has 2 heterocycles. The zero-order valence-electron chi connectivity index (χ0n) is 16.7. The summed E-state index contributed by atoms with van der Waals surface area (Å²) in [6, 6.07) is 9.67. The lowest BCUT2D eigenvalue weighted by Gasteiger charge is -2.35. The van der Waals surface area contributed by atoms with Crippen LogP contribution in [-0.2, 0) is 10.0 Å². The van der Waals surface area contributed by atoms with Crippen molar-refractivity contribution in [2.75, 3.05) is 59.7 Å². The quantitative estimate of drug-likeness (QED) is 0.257. The summed E-state index contributed by atoms with van der Waals surface area (Å²) in [5.74, 6) is 0.802. The van der Waals surface area contributed by atoms with Gasteiger partial charge in [0.15, 0.2) is 0 Å². The Morgan fingerprint density at radius 2 is 1.74 bits per heavy atom. The fourth-order valence-electron chi connectivity index (χ4n) is 3.48. The number of nitro groups is 1. The molecule has 1 aliphatic rings. The van der Waals surface area contributed by atoms with E-state index in [4.69, 9.17) is 0 Å². The number of alkyl halides is 2. The van der Waals surface area contributed by atoms with Gasteiger partial charge in [-0.15, -0.1) is 0 Å². The number of sulfonamides is 1. The molecule has 9 nitrogen and oxygen atoms in total. The van der Waals surface area contributed by atoms with E-state index in [1.807, 2.05) is 28.0 Å². The van der Waals surface area contributed by atoms with Gasteiger partial charge in [0.2, 0.25) is 10.0 Å². The van der Waals surface area contributed by atoms with E-state index in [0.717, 1.165) is 5.82 Å². The minimum atomic E-state index is -3.93. The number of hydrogen-bond acceptors (Lipinski definition) is 7. The molecule has 1 aromatic heterocycles. The van der Waals surface area contributed by atoms with E-state index in [2.05, 4.69) is 36.8 Å². The maximum absolute atomic E-state index is 13.6. The van der Waals surface area contributed by atoms with Crippen LogP contribution in [0.25, 0.3) is 0 Å². The molecule has 0 aliphatic carbocycles. The van der Waals surface area contributed by atoms with Gasteiger partial charge in [-0.25, -0.2) is 13.4 Å². The standard InChI is InChI=1S/C19H23Br2N5O4S/c20-6-9-23(10-7-21)17-5-4-16(26(27)28)15-18(17)31(29,30)25-13-11-24(12-14-25)19-3-1-2-8-22-19/h1-5,8,15H,6-7,9-14H2. The summed E-state index contributed by atoms with van der Waals surface area (Å²) >= 11 is 6.80. The summed E-state index contributed by atoms with van der Waals surface area (Å²) in [5, 5.41) is 12.6. The van der Waals surface area contributed by atoms with Gasteiger partial charge in [0, 0.05) is 68.3 Å². The zero-order chi connectivity index (χ0) is 22.4. The molecule has 0 unspecified atom stereocenters. The highest BCUT2D eigenvalue weighted by Gasteiger charge is 2.33. The molecule has 0 bridgehead atoms. The van der Waals surface area contributed by atoms with Crippen molar-refractivity contribution in [1.29, 1.82) is 0 Å². The number of pyridine rings is 1. The Labute approximate surface area is 198 Å². The Hall–Kier alpha value is -1.76. The van der Waals surface area contributed by atoms with E-state index < -0.39 is 14.9 Å². The molecule has 0 saturated carbocycles. The van der Waals surface area contributed by atoms with Crippen LogP contribution >= 0.6 is 31.9 Å². The van der Waals surface area contributed by atoms with Crippen molar-refractivity contribution < 1.29 is 13.3 Å². The van der Waals surface area contributed by atoms with E-state index in [0.29, 0.717) is 42.5 Å². The molecule has 0 atom stereocenters. The van der Waals surface area contributed by atoms with E-state index in [1.54, 1.807) is 6.20 Å². The lowest BCUT2D eigenvalue weighted by Crippen LogP contribution is -2.49. The van der Waals surface area contributed by atoms with Gasteiger partial charge in [0.1, 0.15) is 10.7 Å². The maximum atomic E-state index is 13.6. The second-order valence-electron chi connectivity index (χ2n) is 6.85. The number of halogens is 2. The number of hydrogen-bond donors (Lipinski definition) is 0. The molecule has 1 aromatic carbocycles. The van der Waals surface area contributed by atoms with Gasteiger partial charge in [0.25, 0.3) is 5.69 Å². The van der Waals surface area contributed by atoms with Crippen LogP contribution in [0.4, 0.5) is 17.2 Å². The Bertz CT molecular complexity index is 996. The predicted molar refractivity (Wildman–Crippen MR) is 128 cm³/mol. The number of aromatic nitrogens is 1. The summed E-state index contributed by atoms with van der Waals surface area (Å²) < 4.78 is 28.5. The second-order valence-corrected chi connectivity index (χ2v) is 10.3. The summed E-state index contributed by atoms with van der Waals surface area (Å²) in [6.07, 6.45) is 1.70. The molecule has 168 valence electrons. The Balaban J connectivity index is 1.92. The molecule has 12 heteroatoms. The molecule has 3 rings (SSSR count). The Kier molecular flexibility index (Phi) is 8.25. The highest BCUT2D eigenvalue weighted by Crippen LogP contribution is 2.32. The largest absolute Gasteiger partial charge is 0.369 e. The fourth-order valence-corrected chi connectivity index (χ4v) is 5.99. The third kappa shape index (κ3) is 5.54. The monoisotopic (exact) mass is 575 g/mol. The van der Waals surface area contributed by atoms with Crippen LogP contribution in [0.1, 0.15) is 0 Å². The van der Waals surface area contributed by atoms with Crippen molar-refractivity contribution in [3.8, 4) is 0 Å². The minimum absolute atomic E-state index is 0.0325. The first-order valence-electron chi connectivity index (χ1n) is 9.70. The first-order valence-corrected chi connectivity index (χ1v) is 13.4.